The van der Waals surface area contributed by atoms with Crippen molar-refractivity contribution in [2.75, 3.05) is 7.05 Å². The van der Waals surface area contributed by atoms with Crippen molar-refractivity contribution in [1.29, 1.82) is 5.26 Å². The highest BCUT2D eigenvalue weighted by molar-refractivity contribution is 5.82. The number of amides is 1. The minimum absolute atomic E-state index is 0.194. The highest BCUT2D eigenvalue weighted by Crippen LogP contribution is 2.22. The van der Waals surface area contributed by atoms with Crippen LogP contribution in [0.2, 0.25) is 0 Å². The van der Waals surface area contributed by atoms with Gasteiger partial charge in [0.15, 0.2) is 6.10 Å². The van der Waals surface area contributed by atoms with Crippen molar-refractivity contribution >= 4 is 11.9 Å². The average molecular weight is 240 g/mol. The second kappa shape index (κ2) is 5.64. The fourth-order valence-corrected chi connectivity index (χ4v) is 1.71. The van der Waals surface area contributed by atoms with E-state index in [9.17, 15) is 9.59 Å². The smallest absolute Gasteiger partial charge is 0.332 e. The molecule has 1 N–H and O–H groups in total. The molecule has 0 aromatic carbocycles. The molecule has 6 nitrogen and oxygen atoms in total. The summed E-state index contributed by atoms with van der Waals surface area (Å²) in [7, 11) is 1.60. The number of nitriles is 1. The minimum atomic E-state index is -1.03. The summed E-state index contributed by atoms with van der Waals surface area (Å²) in [5.41, 5.74) is 0. The van der Waals surface area contributed by atoms with Gasteiger partial charge in [-0.2, -0.15) is 5.26 Å². The fraction of sp³-hybridized carbons (Fsp3) is 0.727. The lowest BCUT2D eigenvalue weighted by molar-refractivity contribution is -0.154. The average Bonchev–Trinajstić information content (AvgIpc) is 2.76. The molecule has 1 heterocycles. The summed E-state index contributed by atoms with van der Waals surface area (Å²) < 4.78 is 5.16. The predicted octanol–water partition coefficient (Wildman–Crippen LogP) is 0.379. The molecule has 0 saturated carbocycles. The summed E-state index contributed by atoms with van der Waals surface area (Å²) in [6.07, 6.45) is -0.561. The summed E-state index contributed by atoms with van der Waals surface area (Å²) in [5, 5.41) is 17.3. The van der Waals surface area contributed by atoms with Gasteiger partial charge in [-0.1, -0.05) is 0 Å². The maximum absolute atomic E-state index is 11.9. The summed E-state index contributed by atoms with van der Waals surface area (Å²) in [6.45, 7) is 1.77. The van der Waals surface area contributed by atoms with E-state index >= 15 is 0 Å². The molecule has 0 aromatic rings. The van der Waals surface area contributed by atoms with Gasteiger partial charge < -0.3 is 14.7 Å². The topological polar surface area (TPSA) is 90.6 Å². The Hall–Kier alpha value is -1.61. The van der Waals surface area contributed by atoms with Crippen LogP contribution in [0.25, 0.3) is 0 Å². The first-order chi connectivity index (χ1) is 7.97. The third-order valence-corrected chi connectivity index (χ3v) is 2.97. The van der Waals surface area contributed by atoms with Gasteiger partial charge in [-0.05, 0) is 19.8 Å². The van der Waals surface area contributed by atoms with Crippen LogP contribution in [0.5, 0.6) is 0 Å². The first kappa shape index (κ1) is 13.5. The van der Waals surface area contributed by atoms with Crippen LogP contribution >= 0.6 is 0 Å². The number of ether oxygens (including phenoxy) is 1. The molecule has 1 aliphatic rings. The molecule has 6 heteroatoms. The van der Waals surface area contributed by atoms with E-state index in [1.165, 1.54) is 4.90 Å². The molecule has 17 heavy (non-hydrogen) atoms. The van der Waals surface area contributed by atoms with E-state index in [-0.39, 0.29) is 18.4 Å². The lowest BCUT2D eigenvalue weighted by Crippen LogP contribution is -2.42. The van der Waals surface area contributed by atoms with E-state index in [1.54, 1.807) is 14.0 Å². The second-order valence-electron chi connectivity index (χ2n) is 4.19. The van der Waals surface area contributed by atoms with Gasteiger partial charge in [-0.3, -0.25) is 4.79 Å². The summed E-state index contributed by atoms with van der Waals surface area (Å²) in [4.78, 5) is 24.1. The monoisotopic (exact) mass is 240 g/mol. The van der Waals surface area contributed by atoms with Gasteiger partial charge in [0, 0.05) is 13.1 Å². The number of carbonyl (C=O) groups excluding carboxylic acids is 1. The van der Waals surface area contributed by atoms with E-state index in [1.807, 2.05) is 6.07 Å². The highest BCUT2D eigenvalue weighted by atomic mass is 16.5. The Bertz CT molecular complexity index is 350. The van der Waals surface area contributed by atoms with Crippen molar-refractivity contribution in [2.45, 2.75) is 44.4 Å². The molecule has 1 unspecified atom stereocenters. The van der Waals surface area contributed by atoms with Crippen molar-refractivity contribution in [3.8, 4) is 6.07 Å². The minimum Gasteiger partial charge on any atom is -0.479 e. The second-order valence-corrected chi connectivity index (χ2v) is 4.19. The molecule has 3 atom stereocenters. The first-order valence-corrected chi connectivity index (χ1v) is 5.49. The van der Waals surface area contributed by atoms with E-state index in [0.29, 0.717) is 12.8 Å². The van der Waals surface area contributed by atoms with Crippen LogP contribution in [-0.2, 0) is 14.3 Å². The number of rotatable bonds is 4. The molecule has 0 aromatic heterocycles. The van der Waals surface area contributed by atoms with Crippen LogP contribution in [0.15, 0.2) is 0 Å². The first-order valence-electron chi connectivity index (χ1n) is 5.49. The number of nitrogens with zero attached hydrogens (tertiary/aromatic N) is 2. The van der Waals surface area contributed by atoms with Gasteiger partial charge in [0.05, 0.1) is 12.5 Å². The molecule has 94 valence electrons. The van der Waals surface area contributed by atoms with Gasteiger partial charge >= 0.3 is 5.97 Å². The van der Waals surface area contributed by atoms with Crippen LogP contribution in [0.4, 0.5) is 0 Å². The van der Waals surface area contributed by atoms with Crippen LogP contribution in [0.3, 0.4) is 0 Å². The Kier molecular flexibility index (Phi) is 4.46. The van der Waals surface area contributed by atoms with Crippen molar-refractivity contribution in [3.05, 3.63) is 0 Å². The molecule has 0 radical (unpaired) electrons. The molecule has 1 amide bonds. The number of carboxylic acid groups (broad SMARTS) is 1. The van der Waals surface area contributed by atoms with Crippen LogP contribution < -0.4 is 0 Å². The standard InChI is InChI=1S/C11H16N2O4/c1-7(5-6-12)13(2)10(14)8-3-4-9(17-8)11(15)16/h7-9H,3-5H2,1-2H3,(H,15,16)/t7?,8-,9+/m0/s1. The zero-order valence-corrected chi connectivity index (χ0v) is 9.92. The SMILES string of the molecule is CC(CC#N)N(C)C(=O)[C@@H]1CC[C@H](C(=O)O)O1. The normalized spacial score (nSPS) is 25.0. The molecule has 1 aliphatic heterocycles. The van der Waals surface area contributed by atoms with E-state index in [0.717, 1.165) is 0 Å². The van der Waals surface area contributed by atoms with Gasteiger partial charge in [-0.25, -0.2) is 4.79 Å². The van der Waals surface area contributed by atoms with Gasteiger partial charge in [-0.15, -0.1) is 0 Å². The van der Waals surface area contributed by atoms with E-state index in [4.69, 9.17) is 15.1 Å². The summed E-state index contributed by atoms with van der Waals surface area (Å²) in [5.74, 6) is -1.29. The van der Waals surface area contributed by atoms with Gasteiger partial charge in [0.25, 0.3) is 5.91 Å². The largest absolute Gasteiger partial charge is 0.479 e. The highest BCUT2D eigenvalue weighted by Gasteiger charge is 2.36. The van der Waals surface area contributed by atoms with Crippen LogP contribution in [-0.4, -0.2) is 47.2 Å². The fourth-order valence-electron chi connectivity index (χ4n) is 1.71. The summed E-state index contributed by atoms with van der Waals surface area (Å²) >= 11 is 0. The maximum atomic E-state index is 11.9. The zero-order valence-electron chi connectivity index (χ0n) is 9.92. The number of aliphatic carboxylic acids is 1. The molecule has 1 saturated heterocycles. The lowest BCUT2D eigenvalue weighted by atomic mass is 10.1. The molecule has 0 bridgehead atoms. The quantitative estimate of drug-likeness (QED) is 0.767. The third-order valence-electron chi connectivity index (χ3n) is 2.97. The van der Waals surface area contributed by atoms with Gasteiger partial charge in [0.1, 0.15) is 6.10 Å². The molecule has 1 fully saturated rings. The van der Waals surface area contributed by atoms with Gasteiger partial charge in [0.2, 0.25) is 0 Å². The van der Waals surface area contributed by atoms with Crippen molar-refractivity contribution < 1.29 is 19.4 Å². The molecule has 0 aliphatic carbocycles. The molecular formula is C11H16N2O4. The predicted molar refractivity (Wildman–Crippen MR) is 58.0 cm³/mol. The lowest BCUT2D eigenvalue weighted by Gasteiger charge is -2.25. The Morgan fingerprint density at radius 3 is 2.59 bits per heavy atom. The Morgan fingerprint density at radius 1 is 1.53 bits per heavy atom. The summed E-state index contributed by atoms with van der Waals surface area (Å²) in [6, 6.07) is 1.80. The molecule has 1 rings (SSSR count). The Morgan fingerprint density at radius 2 is 2.12 bits per heavy atom. The van der Waals surface area contributed by atoms with Crippen molar-refractivity contribution in [1.82, 2.24) is 4.90 Å². The number of hydrogen-bond donors (Lipinski definition) is 1. The van der Waals surface area contributed by atoms with Crippen molar-refractivity contribution in [3.63, 3.8) is 0 Å². The van der Waals surface area contributed by atoms with Crippen molar-refractivity contribution in [2.24, 2.45) is 0 Å². The maximum Gasteiger partial charge on any atom is 0.332 e. The number of carboxylic acids is 1. The Labute approximate surface area is 99.8 Å². The van der Waals surface area contributed by atoms with Crippen LogP contribution in [0.1, 0.15) is 26.2 Å². The molecular weight excluding hydrogens is 224 g/mol. The Balaban J connectivity index is 2.55. The van der Waals surface area contributed by atoms with E-state index in [2.05, 4.69) is 0 Å². The zero-order chi connectivity index (χ0) is 13.0. The molecule has 0 spiro atoms. The van der Waals surface area contributed by atoms with E-state index < -0.39 is 18.2 Å². The number of carbonyl (C=O) groups is 2. The van der Waals surface area contributed by atoms with Crippen LogP contribution in [0, 0.1) is 11.3 Å². The number of hydrogen-bond acceptors (Lipinski definition) is 4. The number of likely N-dealkylation sites (N-methyl/N-ethyl adjacent to an activating group) is 1. The third kappa shape index (κ3) is 3.17.